The molecule has 1 saturated heterocycles. The lowest BCUT2D eigenvalue weighted by atomic mass is 10.1. The van der Waals surface area contributed by atoms with Crippen LogP contribution in [0.1, 0.15) is 43.6 Å². The first-order valence-electron chi connectivity index (χ1n) is 9.23. The molecule has 2 atom stereocenters. The van der Waals surface area contributed by atoms with Crippen LogP contribution in [0.2, 0.25) is 0 Å². The SMILES string of the molecule is CN=C(NC1CCN(C2CC2)CC1)NC1CC1c1ccccc1F.I. The van der Waals surface area contributed by atoms with E-state index < -0.39 is 0 Å². The lowest BCUT2D eigenvalue weighted by Gasteiger charge is -2.33. The van der Waals surface area contributed by atoms with Gasteiger partial charge in [0.05, 0.1) is 0 Å². The second kappa shape index (κ2) is 8.20. The molecule has 25 heavy (non-hydrogen) atoms. The van der Waals surface area contributed by atoms with Gasteiger partial charge in [-0.2, -0.15) is 0 Å². The molecule has 0 spiro atoms. The van der Waals surface area contributed by atoms with E-state index in [2.05, 4.69) is 20.5 Å². The van der Waals surface area contributed by atoms with E-state index in [-0.39, 0.29) is 35.7 Å². The van der Waals surface area contributed by atoms with Crippen LogP contribution in [0.15, 0.2) is 29.3 Å². The average Bonchev–Trinajstić information content (AvgIpc) is 3.50. The van der Waals surface area contributed by atoms with Gasteiger partial charge < -0.3 is 15.5 Å². The summed E-state index contributed by atoms with van der Waals surface area (Å²) in [5.74, 6) is 1.03. The molecule has 0 radical (unpaired) electrons. The first-order valence-corrected chi connectivity index (χ1v) is 9.23. The summed E-state index contributed by atoms with van der Waals surface area (Å²) in [6.07, 6.45) is 6.11. The minimum atomic E-state index is -0.0952. The van der Waals surface area contributed by atoms with Crippen LogP contribution in [-0.4, -0.2) is 49.1 Å². The maximum absolute atomic E-state index is 13.9. The van der Waals surface area contributed by atoms with E-state index in [1.54, 1.807) is 12.1 Å². The van der Waals surface area contributed by atoms with Gasteiger partial charge in [-0.1, -0.05) is 18.2 Å². The van der Waals surface area contributed by atoms with E-state index in [4.69, 9.17) is 0 Å². The summed E-state index contributed by atoms with van der Waals surface area (Å²) < 4.78 is 13.9. The number of hydrogen-bond acceptors (Lipinski definition) is 2. The fourth-order valence-electron chi connectivity index (χ4n) is 3.86. The fourth-order valence-corrected chi connectivity index (χ4v) is 3.86. The highest BCUT2D eigenvalue weighted by atomic mass is 127. The maximum Gasteiger partial charge on any atom is 0.191 e. The number of halogens is 2. The summed E-state index contributed by atoms with van der Waals surface area (Å²) >= 11 is 0. The highest BCUT2D eigenvalue weighted by Gasteiger charge is 2.40. The molecule has 1 aromatic carbocycles. The molecule has 2 N–H and O–H groups in total. The Bertz CT molecular complexity index is 611. The molecule has 0 aromatic heterocycles. The van der Waals surface area contributed by atoms with Gasteiger partial charge in [0.25, 0.3) is 0 Å². The number of rotatable bonds is 4. The van der Waals surface area contributed by atoms with Gasteiger partial charge in [0.15, 0.2) is 5.96 Å². The molecule has 4 rings (SSSR count). The molecular weight excluding hydrogens is 430 g/mol. The minimum absolute atomic E-state index is 0. The summed E-state index contributed by atoms with van der Waals surface area (Å²) in [6.45, 7) is 2.39. The molecule has 6 heteroatoms. The quantitative estimate of drug-likeness (QED) is 0.414. The number of benzene rings is 1. The molecule has 2 saturated carbocycles. The van der Waals surface area contributed by atoms with Gasteiger partial charge in [0, 0.05) is 44.2 Å². The lowest BCUT2D eigenvalue weighted by Crippen LogP contribution is -2.49. The summed E-state index contributed by atoms with van der Waals surface area (Å²) in [5.41, 5.74) is 0.822. The van der Waals surface area contributed by atoms with Gasteiger partial charge in [-0.15, -0.1) is 24.0 Å². The molecule has 4 nitrogen and oxygen atoms in total. The van der Waals surface area contributed by atoms with Crippen LogP contribution in [0.3, 0.4) is 0 Å². The van der Waals surface area contributed by atoms with E-state index in [0.29, 0.717) is 12.1 Å². The summed E-state index contributed by atoms with van der Waals surface area (Å²) in [6, 6.07) is 8.76. The molecule has 2 aliphatic carbocycles. The van der Waals surface area contributed by atoms with Crippen LogP contribution in [0, 0.1) is 5.82 Å². The first-order chi connectivity index (χ1) is 11.7. The molecule has 0 bridgehead atoms. The van der Waals surface area contributed by atoms with Gasteiger partial charge in [-0.25, -0.2) is 4.39 Å². The minimum Gasteiger partial charge on any atom is -0.354 e. The van der Waals surface area contributed by atoms with E-state index in [9.17, 15) is 4.39 Å². The predicted molar refractivity (Wildman–Crippen MR) is 110 cm³/mol. The van der Waals surface area contributed by atoms with Crippen molar-refractivity contribution in [3.63, 3.8) is 0 Å². The van der Waals surface area contributed by atoms with Gasteiger partial charge in [0.1, 0.15) is 5.82 Å². The van der Waals surface area contributed by atoms with Crippen molar-refractivity contribution in [2.75, 3.05) is 20.1 Å². The van der Waals surface area contributed by atoms with Crippen molar-refractivity contribution in [1.29, 1.82) is 0 Å². The van der Waals surface area contributed by atoms with Crippen LogP contribution < -0.4 is 10.6 Å². The number of aliphatic imine (C=N–C) groups is 1. The number of likely N-dealkylation sites (tertiary alicyclic amines) is 1. The summed E-state index contributed by atoms with van der Waals surface area (Å²) in [4.78, 5) is 6.99. The molecule has 0 amide bonds. The molecular formula is C19H28FIN4. The monoisotopic (exact) mass is 458 g/mol. The molecule has 3 aliphatic rings. The summed E-state index contributed by atoms with van der Waals surface area (Å²) in [5, 5.41) is 7.03. The van der Waals surface area contributed by atoms with Crippen LogP contribution >= 0.6 is 24.0 Å². The molecule has 1 aliphatic heterocycles. The highest BCUT2D eigenvalue weighted by molar-refractivity contribution is 14.0. The number of nitrogens with one attached hydrogen (secondary N) is 2. The third-order valence-corrected chi connectivity index (χ3v) is 5.57. The summed E-state index contributed by atoms with van der Waals surface area (Å²) in [7, 11) is 1.81. The maximum atomic E-state index is 13.9. The van der Waals surface area contributed by atoms with Crippen LogP contribution in [0.25, 0.3) is 0 Å². The Labute approximate surface area is 166 Å². The normalized spacial score (nSPS) is 27.5. The Morgan fingerprint density at radius 1 is 1.12 bits per heavy atom. The van der Waals surface area contributed by atoms with E-state index in [1.807, 2.05) is 19.2 Å². The van der Waals surface area contributed by atoms with Crippen LogP contribution in [-0.2, 0) is 0 Å². The predicted octanol–water partition coefficient (Wildman–Crippen LogP) is 3.09. The van der Waals surface area contributed by atoms with Gasteiger partial charge >= 0.3 is 0 Å². The van der Waals surface area contributed by atoms with Gasteiger partial charge in [-0.05, 0) is 43.7 Å². The van der Waals surface area contributed by atoms with Crippen molar-refractivity contribution in [1.82, 2.24) is 15.5 Å². The molecule has 1 heterocycles. The Balaban J connectivity index is 0.00000182. The van der Waals surface area contributed by atoms with Crippen molar-refractivity contribution in [3.05, 3.63) is 35.6 Å². The van der Waals surface area contributed by atoms with Crippen LogP contribution in [0.4, 0.5) is 4.39 Å². The smallest absolute Gasteiger partial charge is 0.191 e. The van der Waals surface area contributed by atoms with Crippen molar-refractivity contribution >= 4 is 29.9 Å². The number of hydrogen-bond donors (Lipinski definition) is 2. The third kappa shape index (κ3) is 4.64. The number of piperidine rings is 1. The fraction of sp³-hybridized carbons (Fsp3) is 0.632. The second-order valence-corrected chi connectivity index (χ2v) is 7.37. The Morgan fingerprint density at radius 3 is 2.48 bits per heavy atom. The van der Waals surface area contributed by atoms with E-state index in [0.717, 1.165) is 24.0 Å². The van der Waals surface area contributed by atoms with Crippen molar-refractivity contribution in [3.8, 4) is 0 Å². The topological polar surface area (TPSA) is 39.7 Å². The largest absolute Gasteiger partial charge is 0.354 e. The van der Waals surface area contributed by atoms with Crippen molar-refractivity contribution < 1.29 is 4.39 Å². The number of guanidine groups is 1. The Morgan fingerprint density at radius 2 is 1.84 bits per heavy atom. The average molecular weight is 458 g/mol. The van der Waals surface area contributed by atoms with Crippen molar-refractivity contribution in [2.24, 2.45) is 4.99 Å². The second-order valence-electron chi connectivity index (χ2n) is 7.37. The Hall–Kier alpha value is -0.890. The Kier molecular flexibility index (Phi) is 6.20. The molecule has 1 aromatic rings. The zero-order valence-corrected chi connectivity index (χ0v) is 17.1. The molecule has 138 valence electrons. The highest BCUT2D eigenvalue weighted by Crippen LogP contribution is 2.41. The zero-order chi connectivity index (χ0) is 16.5. The van der Waals surface area contributed by atoms with Crippen molar-refractivity contribution in [2.45, 2.75) is 56.1 Å². The van der Waals surface area contributed by atoms with E-state index in [1.165, 1.54) is 38.8 Å². The standard InChI is InChI=1S/C19H27FN4.HI/c1-21-19(22-13-8-10-24(11-9-13)14-6-7-14)23-18-12-16(18)15-4-2-3-5-17(15)20;/h2-5,13-14,16,18H,6-12H2,1H3,(H2,21,22,23);1H. The lowest BCUT2D eigenvalue weighted by molar-refractivity contribution is 0.197. The molecule has 3 fully saturated rings. The number of nitrogens with zero attached hydrogens (tertiary/aromatic N) is 2. The van der Waals surface area contributed by atoms with E-state index >= 15 is 0 Å². The zero-order valence-electron chi connectivity index (χ0n) is 14.7. The van der Waals surface area contributed by atoms with Crippen LogP contribution in [0.5, 0.6) is 0 Å². The van der Waals surface area contributed by atoms with Gasteiger partial charge in [0.2, 0.25) is 0 Å². The molecule has 2 unspecified atom stereocenters. The van der Waals surface area contributed by atoms with Gasteiger partial charge in [-0.3, -0.25) is 4.99 Å². The first kappa shape index (κ1) is 18.9. The third-order valence-electron chi connectivity index (χ3n) is 5.57.